The van der Waals surface area contributed by atoms with Crippen LogP contribution in [0.3, 0.4) is 0 Å². The predicted molar refractivity (Wildman–Crippen MR) is 76.7 cm³/mol. The third kappa shape index (κ3) is 5.09. The van der Waals surface area contributed by atoms with Crippen LogP contribution in [-0.4, -0.2) is 20.2 Å². The molecule has 0 amide bonds. The minimum atomic E-state index is 0.702. The predicted octanol–water partition coefficient (Wildman–Crippen LogP) is 3.64. The summed E-state index contributed by atoms with van der Waals surface area (Å²) < 4.78 is 6.42. The molecule has 0 aliphatic rings. The van der Waals surface area contributed by atoms with Gasteiger partial charge in [0, 0.05) is 4.47 Å². The van der Waals surface area contributed by atoms with Crippen molar-refractivity contribution in [3.05, 3.63) is 28.2 Å². The van der Waals surface area contributed by atoms with Gasteiger partial charge in [0.05, 0.1) is 7.11 Å². The number of hydrogen-bond acceptors (Lipinski definition) is 2. The number of hydrogen-bond donors (Lipinski definition) is 1. The second-order valence-electron chi connectivity index (χ2n) is 4.41. The molecule has 1 unspecified atom stereocenters. The van der Waals surface area contributed by atoms with Crippen LogP contribution < -0.4 is 10.1 Å². The molecule has 17 heavy (non-hydrogen) atoms. The maximum atomic E-state index is 5.25. The van der Waals surface area contributed by atoms with Crippen LogP contribution in [0.1, 0.15) is 25.8 Å². The van der Waals surface area contributed by atoms with Gasteiger partial charge < -0.3 is 10.1 Å². The molecule has 1 aromatic carbocycles. The lowest BCUT2D eigenvalue weighted by atomic mass is 10.0. The highest BCUT2D eigenvalue weighted by Gasteiger charge is 2.06. The lowest BCUT2D eigenvalue weighted by Crippen LogP contribution is -2.20. The molecule has 0 saturated heterocycles. The Morgan fingerprint density at radius 2 is 2.18 bits per heavy atom. The molecule has 0 aromatic heterocycles. The SMILES string of the molecule is CCNCC(C)CCc1cc(OC)ccc1Br. The number of halogens is 1. The van der Waals surface area contributed by atoms with Gasteiger partial charge in [-0.3, -0.25) is 0 Å². The highest BCUT2D eigenvalue weighted by molar-refractivity contribution is 9.10. The zero-order valence-electron chi connectivity index (χ0n) is 10.9. The van der Waals surface area contributed by atoms with Crippen LogP contribution in [0.2, 0.25) is 0 Å². The smallest absolute Gasteiger partial charge is 0.119 e. The molecule has 2 nitrogen and oxygen atoms in total. The van der Waals surface area contributed by atoms with Gasteiger partial charge in [0.25, 0.3) is 0 Å². The number of nitrogens with one attached hydrogen (secondary N) is 1. The van der Waals surface area contributed by atoms with Gasteiger partial charge in [0.1, 0.15) is 5.75 Å². The summed E-state index contributed by atoms with van der Waals surface area (Å²) in [5, 5.41) is 3.39. The topological polar surface area (TPSA) is 21.3 Å². The Kier molecular flexibility index (Phi) is 6.60. The van der Waals surface area contributed by atoms with Crippen molar-refractivity contribution in [3.8, 4) is 5.75 Å². The van der Waals surface area contributed by atoms with Crippen molar-refractivity contribution in [2.75, 3.05) is 20.2 Å². The Morgan fingerprint density at radius 1 is 1.41 bits per heavy atom. The fourth-order valence-corrected chi connectivity index (χ4v) is 2.21. The zero-order valence-corrected chi connectivity index (χ0v) is 12.5. The van der Waals surface area contributed by atoms with Crippen molar-refractivity contribution in [1.29, 1.82) is 0 Å². The first-order chi connectivity index (χ1) is 8.17. The van der Waals surface area contributed by atoms with Crippen LogP contribution in [0.4, 0.5) is 0 Å². The van der Waals surface area contributed by atoms with Gasteiger partial charge in [0.2, 0.25) is 0 Å². The van der Waals surface area contributed by atoms with Crippen LogP contribution in [0.5, 0.6) is 5.75 Å². The van der Waals surface area contributed by atoms with Gasteiger partial charge in [0.15, 0.2) is 0 Å². The van der Waals surface area contributed by atoms with Crippen molar-refractivity contribution < 1.29 is 4.74 Å². The zero-order chi connectivity index (χ0) is 12.7. The van der Waals surface area contributed by atoms with E-state index in [1.165, 1.54) is 16.5 Å². The van der Waals surface area contributed by atoms with Gasteiger partial charge in [-0.1, -0.05) is 29.8 Å². The highest BCUT2D eigenvalue weighted by atomic mass is 79.9. The lowest BCUT2D eigenvalue weighted by molar-refractivity contribution is 0.413. The van der Waals surface area contributed by atoms with Crippen molar-refractivity contribution in [2.24, 2.45) is 5.92 Å². The number of rotatable bonds is 7. The molecule has 0 aliphatic heterocycles. The molecule has 3 heteroatoms. The normalized spacial score (nSPS) is 12.5. The van der Waals surface area contributed by atoms with E-state index in [-0.39, 0.29) is 0 Å². The van der Waals surface area contributed by atoms with E-state index in [1.54, 1.807) is 7.11 Å². The van der Waals surface area contributed by atoms with E-state index in [0.717, 1.165) is 25.3 Å². The molecule has 1 N–H and O–H groups in total. The van der Waals surface area contributed by atoms with Crippen LogP contribution >= 0.6 is 15.9 Å². The van der Waals surface area contributed by atoms with Crippen LogP contribution in [0.25, 0.3) is 0 Å². The van der Waals surface area contributed by atoms with E-state index in [1.807, 2.05) is 6.07 Å². The third-order valence-corrected chi connectivity index (χ3v) is 3.68. The molecule has 1 aromatic rings. The molecular weight excluding hydrogens is 278 g/mol. The molecule has 0 radical (unpaired) electrons. The van der Waals surface area contributed by atoms with E-state index >= 15 is 0 Å². The Balaban J connectivity index is 2.50. The van der Waals surface area contributed by atoms with Gasteiger partial charge >= 0.3 is 0 Å². The molecule has 96 valence electrons. The second-order valence-corrected chi connectivity index (χ2v) is 5.26. The maximum Gasteiger partial charge on any atom is 0.119 e. The fraction of sp³-hybridized carbons (Fsp3) is 0.571. The number of aryl methyl sites for hydroxylation is 1. The van der Waals surface area contributed by atoms with Crippen molar-refractivity contribution >= 4 is 15.9 Å². The van der Waals surface area contributed by atoms with E-state index < -0.39 is 0 Å². The van der Waals surface area contributed by atoms with E-state index in [2.05, 4.69) is 47.2 Å². The Labute approximate surface area is 113 Å². The third-order valence-electron chi connectivity index (χ3n) is 2.90. The van der Waals surface area contributed by atoms with Crippen molar-refractivity contribution in [1.82, 2.24) is 5.32 Å². The monoisotopic (exact) mass is 299 g/mol. The Morgan fingerprint density at radius 3 is 2.82 bits per heavy atom. The molecule has 0 bridgehead atoms. The Hall–Kier alpha value is -0.540. The number of methoxy groups -OCH3 is 1. The van der Waals surface area contributed by atoms with Gasteiger partial charge in [-0.05, 0) is 55.6 Å². The quantitative estimate of drug-likeness (QED) is 0.830. The summed E-state index contributed by atoms with van der Waals surface area (Å²) in [6, 6.07) is 6.16. The fourth-order valence-electron chi connectivity index (χ4n) is 1.76. The van der Waals surface area contributed by atoms with Crippen LogP contribution in [0.15, 0.2) is 22.7 Å². The van der Waals surface area contributed by atoms with Crippen molar-refractivity contribution in [3.63, 3.8) is 0 Å². The van der Waals surface area contributed by atoms with Gasteiger partial charge in [-0.2, -0.15) is 0 Å². The summed E-state index contributed by atoms with van der Waals surface area (Å²) in [6.45, 7) is 6.58. The summed E-state index contributed by atoms with van der Waals surface area (Å²) in [7, 11) is 1.71. The standard InChI is InChI=1S/C14H22BrNO/c1-4-16-10-11(2)5-6-12-9-13(17-3)7-8-14(12)15/h7-9,11,16H,4-6,10H2,1-3H3. The lowest BCUT2D eigenvalue weighted by Gasteiger charge is -2.13. The van der Waals surface area contributed by atoms with Gasteiger partial charge in [-0.25, -0.2) is 0 Å². The first kappa shape index (κ1) is 14.5. The van der Waals surface area contributed by atoms with Crippen LogP contribution in [-0.2, 0) is 6.42 Å². The minimum absolute atomic E-state index is 0.702. The van der Waals surface area contributed by atoms with Gasteiger partial charge in [-0.15, -0.1) is 0 Å². The van der Waals surface area contributed by atoms with E-state index in [0.29, 0.717) is 5.92 Å². The molecule has 1 rings (SSSR count). The summed E-state index contributed by atoms with van der Waals surface area (Å²) in [5.41, 5.74) is 1.33. The summed E-state index contributed by atoms with van der Waals surface area (Å²) in [6.07, 6.45) is 2.28. The summed E-state index contributed by atoms with van der Waals surface area (Å²) >= 11 is 3.59. The first-order valence-corrected chi connectivity index (χ1v) is 6.99. The highest BCUT2D eigenvalue weighted by Crippen LogP contribution is 2.24. The first-order valence-electron chi connectivity index (χ1n) is 6.20. The number of benzene rings is 1. The minimum Gasteiger partial charge on any atom is -0.497 e. The molecule has 0 heterocycles. The average molecular weight is 300 g/mol. The maximum absolute atomic E-state index is 5.25. The van der Waals surface area contributed by atoms with Crippen LogP contribution in [0, 0.1) is 5.92 Å². The molecule has 0 aliphatic carbocycles. The average Bonchev–Trinajstić information content (AvgIpc) is 2.35. The Bertz CT molecular complexity index is 341. The van der Waals surface area contributed by atoms with Crippen molar-refractivity contribution in [2.45, 2.75) is 26.7 Å². The molecule has 0 saturated carbocycles. The summed E-state index contributed by atoms with van der Waals surface area (Å²) in [5.74, 6) is 1.63. The second kappa shape index (κ2) is 7.72. The number of ether oxygens (including phenoxy) is 1. The largest absolute Gasteiger partial charge is 0.497 e. The summed E-state index contributed by atoms with van der Waals surface area (Å²) in [4.78, 5) is 0. The molecule has 0 fully saturated rings. The molecule has 1 atom stereocenters. The van der Waals surface area contributed by atoms with E-state index in [4.69, 9.17) is 4.74 Å². The van der Waals surface area contributed by atoms with E-state index in [9.17, 15) is 0 Å². The molecule has 0 spiro atoms. The molecular formula is C14H22BrNO.